The number of ether oxygens (including phenoxy) is 2. The standard InChI is InChI=1S/C21H30FNO5/c1-5-27-19(25)13-11-17(23-20(26)28-21(2,3)4)10-12-18(24)14-15-6-8-16(22)9-7-15/h6-10,12,17-18,24H,5,11,13-14H2,1-4H3,(H,23,26)/t17-,18+/m0/s1. The zero-order chi connectivity index (χ0) is 21.2. The van der Waals surface area contributed by atoms with Gasteiger partial charge >= 0.3 is 12.1 Å². The molecule has 1 rings (SSSR count). The Morgan fingerprint density at radius 2 is 1.86 bits per heavy atom. The number of amides is 1. The summed E-state index contributed by atoms with van der Waals surface area (Å²) in [7, 11) is 0. The molecule has 0 saturated carbocycles. The molecule has 2 N–H and O–H groups in total. The molecule has 0 aromatic heterocycles. The van der Waals surface area contributed by atoms with Gasteiger partial charge in [0.2, 0.25) is 0 Å². The summed E-state index contributed by atoms with van der Waals surface area (Å²) in [6.07, 6.45) is 2.45. The van der Waals surface area contributed by atoms with Gasteiger partial charge in [-0.25, -0.2) is 9.18 Å². The lowest BCUT2D eigenvalue weighted by Gasteiger charge is -2.22. The Morgan fingerprint density at radius 3 is 2.43 bits per heavy atom. The van der Waals surface area contributed by atoms with Crippen LogP contribution in [0, 0.1) is 5.82 Å². The van der Waals surface area contributed by atoms with Crippen LogP contribution in [0.15, 0.2) is 36.4 Å². The minimum atomic E-state index is -0.823. The van der Waals surface area contributed by atoms with E-state index in [1.54, 1.807) is 45.9 Å². The predicted molar refractivity (Wildman–Crippen MR) is 104 cm³/mol. The van der Waals surface area contributed by atoms with Crippen LogP contribution in [-0.4, -0.2) is 41.5 Å². The smallest absolute Gasteiger partial charge is 0.408 e. The molecule has 0 fully saturated rings. The Hall–Kier alpha value is -2.41. The number of carbonyl (C=O) groups is 2. The van der Waals surface area contributed by atoms with E-state index in [0.717, 1.165) is 5.56 Å². The first-order chi connectivity index (χ1) is 13.1. The van der Waals surface area contributed by atoms with Crippen LogP contribution in [0.1, 0.15) is 46.1 Å². The van der Waals surface area contributed by atoms with Gasteiger partial charge in [0.05, 0.1) is 18.8 Å². The number of rotatable bonds is 9. The molecule has 2 atom stereocenters. The zero-order valence-corrected chi connectivity index (χ0v) is 16.9. The fourth-order valence-electron chi connectivity index (χ4n) is 2.37. The number of carbonyl (C=O) groups excluding carboxylic acids is 2. The van der Waals surface area contributed by atoms with Crippen LogP contribution in [0.4, 0.5) is 9.18 Å². The van der Waals surface area contributed by atoms with E-state index in [1.165, 1.54) is 18.2 Å². The average molecular weight is 395 g/mol. The first kappa shape index (κ1) is 23.6. The number of hydrogen-bond donors (Lipinski definition) is 2. The minimum Gasteiger partial charge on any atom is -0.466 e. The second-order valence-electron chi connectivity index (χ2n) is 7.38. The van der Waals surface area contributed by atoms with Gasteiger partial charge in [-0.2, -0.15) is 0 Å². The zero-order valence-electron chi connectivity index (χ0n) is 16.9. The number of hydrogen-bond acceptors (Lipinski definition) is 5. The van der Waals surface area contributed by atoms with Gasteiger partial charge in [0.1, 0.15) is 11.4 Å². The summed E-state index contributed by atoms with van der Waals surface area (Å²) in [4.78, 5) is 23.6. The highest BCUT2D eigenvalue weighted by molar-refractivity contribution is 5.70. The molecule has 0 bridgehead atoms. The van der Waals surface area contributed by atoms with Crippen molar-refractivity contribution in [2.45, 2.75) is 64.7 Å². The van der Waals surface area contributed by atoms with E-state index < -0.39 is 23.8 Å². The molecule has 0 aliphatic carbocycles. The SMILES string of the molecule is CCOC(=O)CC[C@H](C=C[C@@H](O)Cc1ccc(F)cc1)NC(=O)OC(C)(C)C. The van der Waals surface area contributed by atoms with Crippen molar-refractivity contribution in [3.63, 3.8) is 0 Å². The summed E-state index contributed by atoms with van der Waals surface area (Å²) in [5.41, 5.74) is 0.128. The molecule has 7 heteroatoms. The predicted octanol–water partition coefficient (Wildman–Crippen LogP) is 3.52. The summed E-state index contributed by atoms with van der Waals surface area (Å²) in [5, 5.41) is 12.9. The van der Waals surface area contributed by atoms with Gasteiger partial charge in [0.25, 0.3) is 0 Å². The number of nitrogens with one attached hydrogen (secondary N) is 1. The maximum atomic E-state index is 13.0. The van der Waals surface area contributed by atoms with Crippen LogP contribution in [0.3, 0.4) is 0 Å². The highest BCUT2D eigenvalue weighted by Gasteiger charge is 2.19. The number of aliphatic hydroxyl groups excluding tert-OH is 1. The second kappa shape index (κ2) is 11.4. The highest BCUT2D eigenvalue weighted by atomic mass is 19.1. The second-order valence-corrected chi connectivity index (χ2v) is 7.38. The molecule has 1 amide bonds. The molecule has 0 heterocycles. The fourth-order valence-corrected chi connectivity index (χ4v) is 2.37. The van der Waals surface area contributed by atoms with E-state index in [2.05, 4.69) is 5.32 Å². The van der Waals surface area contributed by atoms with Crippen LogP contribution >= 0.6 is 0 Å². The molecule has 0 saturated heterocycles. The quantitative estimate of drug-likeness (QED) is 0.494. The fraction of sp³-hybridized carbons (Fsp3) is 0.524. The van der Waals surface area contributed by atoms with E-state index in [-0.39, 0.29) is 24.8 Å². The molecular weight excluding hydrogens is 365 g/mol. The van der Waals surface area contributed by atoms with Crippen molar-refractivity contribution >= 4 is 12.1 Å². The van der Waals surface area contributed by atoms with Crippen molar-refractivity contribution in [1.82, 2.24) is 5.32 Å². The summed E-state index contributed by atoms with van der Waals surface area (Å²) in [6, 6.07) is 5.35. The Balaban J connectivity index is 2.69. The molecule has 0 aliphatic heterocycles. The average Bonchev–Trinajstić information content (AvgIpc) is 2.58. The summed E-state index contributed by atoms with van der Waals surface area (Å²) >= 11 is 0. The summed E-state index contributed by atoms with van der Waals surface area (Å²) < 4.78 is 23.1. The molecule has 0 unspecified atom stereocenters. The molecule has 0 radical (unpaired) electrons. The molecule has 28 heavy (non-hydrogen) atoms. The number of benzene rings is 1. The Kier molecular flexibility index (Phi) is 9.65. The monoisotopic (exact) mass is 395 g/mol. The maximum absolute atomic E-state index is 13.0. The lowest BCUT2D eigenvalue weighted by Crippen LogP contribution is -2.38. The summed E-state index contributed by atoms with van der Waals surface area (Å²) in [5.74, 6) is -0.701. The Bertz CT molecular complexity index is 652. The third kappa shape index (κ3) is 10.7. The van der Waals surface area contributed by atoms with Gasteiger partial charge in [-0.1, -0.05) is 24.3 Å². The molecule has 1 aromatic rings. The lowest BCUT2D eigenvalue weighted by atomic mass is 10.1. The number of halogens is 1. The van der Waals surface area contributed by atoms with Gasteiger partial charge in [-0.3, -0.25) is 4.79 Å². The van der Waals surface area contributed by atoms with Crippen molar-refractivity contribution in [1.29, 1.82) is 0 Å². The van der Waals surface area contributed by atoms with E-state index in [0.29, 0.717) is 12.8 Å². The van der Waals surface area contributed by atoms with Crippen molar-refractivity contribution in [2.75, 3.05) is 6.61 Å². The third-order valence-corrected chi connectivity index (χ3v) is 3.59. The van der Waals surface area contributed by atoms with Gasteiger partial charge < -0.3 is 19.9 Å². The molecular formula is C21H30FNO5. The highest BCUT2D eigenvalue weighted by Crippen LogP contribution is 2.10. The van der Waals surface area contributed by atoms with Gasteiger partial charge in [0, 0.05) is 12.8 Å². The van der Waals surface area contributed by atoms with E-state index in [4.69, 9.17) is 9.47 Å². The van der Waals surface area contributed by atoms with Crippen LogP contribution in [0.5, 0.6) is 0 Å². The Labute approximate surface area is 165 Å². The van der Waals surface area contributed by atoms with Crippen LogP contribution in [0.25, 0.3) is 0 Å². The Morgan fingerprint density at radius 1 is 1.21 bits per heavy atom. The molecule has 156 valence electrons. The van der Waals surface area contributed by atoms with E-state index in [9.17, 15) is 19.1 Å². The van der Waals surface area contributed by atoms with Gasteiger partial charge in [0.15, 0.2) is 0 Å². The van der Waals surface area contributed by atoms with Crippen molar-refractivity contribution in [2.24, 2.45) is 0 Å². The normalized spacial score (nSPS) is 13.8. The minimum absolute atomic E-state index is 0.118. The van der Waals surface area contributed by atoms with Crippen molar-refractivity contribution in [3.05, 3.63) is 47.8 Å². The summed E-state index contributed by atoms with van der Waals surface area (Å²) in [6.45, 7) is 7.27. The van der Waals surface area contributed by atoms with E-state index >= 15 is 0 Å². The number of esters is 1. The first-order valence-corrected chi connectivity index (χ1v) is 9.35. The van der Waals surface area contributed by atoms with Crippen LogP contribution in [0.2, 0.25) is 0 Å². The molecule has 0 spiro atoms. The van der Waals surface area contributed by atoms with Crippen molar-refractivity contribution < 1.29 is 28.6 Å². The van der Waals surface area contributed by atoms with Gasteiger partial charge in [-0.15, -0.1) is 0 Å². The van der Waals surface area contributed by atoms with Gasteiger partial charge in [-0.05, 0) is 51.8 Å². The molecule has 0 aliphatic rings. The largest absolute Gasteiger partial charge is 0.466 e. The van der Waals surface area contributed by atoms with Crippen molar-refractivity contribution in [3.8, 4) is 0 Å². The molecule has 1 aromatic carbocycles. The van der Waals surface area contributed by atoms with Crippen LogP contribution < -0.4 is 5.32 Å². The topological polar surface area (TPSA) is 84.9 Å². The maximum Gasteiger partial charge on any atom is 0.408 e. The van der Waals surface area contributed by atoms with E-state index in [1.807, 2.05) is 0 Å². The lowest BCUT2D eigenvalue weighted by molar-refractivity contribution is -0.143. The number of aliphatic hydroxyl groups is 1. The third-order valence-electron chi connectivity index (χ3n) is 3.59. The number of alkyl carbamates (subject to hydrolysis) is 1. The molecule has 6 nitrogen and oxygen atoms in total. The van der Waals surface area contributed by atoms with Crippen LogP contribution in [-0.2, 0) is 20.7 Å². The first-order valence-electron chi connectivity index (χ1n) is 9.35.